The third-order valence-corrected chi connectivity index (χ3v) is 3.09. The quantitative estimate of drug-likeness (QED) is 0.307. The minimum Gasteiger partial charge on any atom is -0.301 e. The highest BCUT2D eigenvalue weighted by atomic mass is 17.1. The van der Waals surface area contributed by atoms with Crippen molar-refractivity contribution >= 4 is 5.97 Å². The van der Waals surface area contributed by atoms with Gasteiger partial charge in [0.15, 0.2) is 0 Å². The Hall–Kier alpha value is -0.570. The molecule has 0 bridgehead atoms. The number of hydrogen-bond donors (Lipinski definition) is 1. The van der Waals surface area contributed by atoms with Gasteiger partial charge in [0.2, 0.25) is 0 Å². The summed E-state index contributed by atoms with van der Waals surface area (Å²) < 4.78 is 0. The van der Waals surface area contributed by atoms with Crippen LogP contribution in [0.3, 0.4) is 0 Å². The summed E-state index contributed by atoms with van der Waals surface area (Å²) in [6.07, 6.45) is 14.2. The fraction of sp³-hybridized carbons (Fsp3) is 0.929. The Morgan fingerprint density at radius 1 is 0.824 bits per heavy atom. The van der Waals surface area contributed by atoms with E-state index in [1.807, 2.05) is 0 Å². The van der Waals surface area contributed by atoms with Crippen LogP contribution in [0, 0.1) is 0 Å². The molecule has 0 aromatic carbocycles. The lowest BCUT2D eigenvalue weighted by molar-refractivity contribution is -0.234. The van der Waals surface area contributed by atoms with E-state index in [9.17, 15) is 4.79 Å². The van der Waals surface area contributed by atoms with E-state index < -0.39 is 5.97 Å². The van der Waals surface area contributed by atoms with Crippen molar-refractivity contribution < 1.29 is 14.9 Å². The fourth-order valence-electron chi connectivity index (χ4n) is 1.98. The Labute approximate surface area is 105 Å². The minimum absolute atomic E-state index is 0.341. The molecule has 0 fully saturated rings. The molecular weight excluding hydrogens is 216 g/mol. The summed E-state index contributed by atoms with van der Waals surface area (Å²) in [7, 11) is 0. The van der Waals surface area contributed by atoms with Crippen molar-refractivity contribution in [1.29, 1.82) is 0 Å². The van der Waals surface area contributed by atoms with Crippen molar-refractivity contribution in [3.05, 3.63) is 0 Å². The van der Waals surface area contributed by atoms with Crippen LogP contribution in [0.15, 0.2) is 0 Å². The van der Waals surface area contributed by atoms with Crippen LogP contribution in [-0.4, -0.2) is 11.2 Å². The summed E-state index contributed by atoms with van der Waals surface area (Å²) in [6, 6.07) is 0. The molecule has 0 saturated carbocycles. The predicted molar refractivity (Wildman–Crippen MR) is 69.8 cm³/mol. The zero-order valence-corrected chi connectivity index (χ0v) is 11.2. The summed E-state index contributed by atoms with van der Waals surface area (Å²) in [6.45, 7) is 2.24. The molecule has 0 aliphatic rings. The highest BCUT2D eigenvalue weighted by Gasteiger charge is 2.00. The number of unbranched alkanes of at least 4 members (excludes halogenated alkanes) is 10. The third kappa shape index (κ3) is 13.4. The number of carbonyl (C=O) groups excluding carboxylic acids is 1. The Morgan fingerprint density at radius 2 is 1.24 bits per heavy atom. The van der Waals surface area contributed by atoms with Crippen molar-refractivity contribution in [2.24, 2.45) is 0 Å². The fourth-order valence-corrected chi connectivity index (χ4v) is 1.98. The molecule has 102 valence electrons. The van der Waals surface area contributed by atoms with Crippen LogP contribution >= 0.6 is 0 Å². The van der Waals surface area contributed by atoms with Gasteiger partial charge in [-0.3, -0.25) is 0 Å². The van der Waals surface area contributed by atoms with Crippen LogP contribution in [0.5, 0.6) is 0 Å². The molecule has 0 unspecified atom stereocenters. The lowest BCUT2D eigenvalue weighted by Gasteiger charge is -2.01. The summed E-state index contributed by atoms with van der Waals surface area (Å²) in [5.41, 5.74) is 0. The van der Waals surface area contributed by atoms with E-state index in [4.69, 9.17) is 5.26 Å². The lowest BCUT2D eigenvalue weighted by atomic mass is 10.1. The predicted octanol–water partition coefficient (Wildman–Crippen LogP) is 4.70. The normalized spacial score (nSPS) is 10.5. The van der Waals surface area contributed by atoms with Gasteiger partial charge in [0.05, 0.1) is 0 Å². The standard InChI is InChI=1S/C14H28O3/c1-2-3-4-5-6-7-8-9-10-11-12-13-14(15)17-16/h16H,2-13H2,1H3. The summed E-state index contributed by atoms with van der Waals surface area (Å²) in [4.78, 5) is 14.2. The molecule has 1 N–H and O–H groups in total. The second-order valence-electron chi connectivity index (χ2n) is 4.75. The van der Waals surface area contributed by atoms with E-state index in [1.165, 1.54) is 57.8 Å². The van der Waals surface area contributed by atoms with E-state index in [1.54, 1.807) is 0 Å². The molecule has 0 aromatic heterocycles. The lowest BCUT2D eigenvalue weighted by Crippen LogP contribution is -1.99. The van der Waals surface area contributed by atoms with Gasteiger partial charge < -0.3 is 4.89 Å². The second kappa shape index (κ2) is 13.5. The molecule has 0 saturated heterocycles. The molecular formula is C14H28O3. The average Bonchev–Trinajstić information content (AvgIpc) is 2.35. The van der Waals surface area contributed by atoms with Gasteiger partial charge in [0.25, 0.3) is 0 Å². The molecule has 3 heteroatoms. The van der Waals surface area contributed by atoms with Crippen LogP contribution in [0.25, 0.3) is 0 Å². The Kier molecular flexibility index (Phi) is 13.0. The maximum Gasteiger partial charge on any atom is 0.342 e. The number of carbonyl (C=O) groups is 1. The van der Waals surface area contributed by atoms with Crippen LogP contribution in [0.4, 0.5) is 0 Å². The maximum absolute atomic E-state index is 10.6. The SMILES string of the molecule is CCCCCCCCCCCCCC(=O)OO. The molecule has 0 rings (SSSR count). The number of rotatable bonds is 12. The van der Waals surface area contributed by atoms with Gasteiger partial charge in [-0.2, -0.15) is 5.26 Å². The van der Waals surface area contributed by atoms with Crippen LogP contribution < -0.4 is 0 Å². The molecule has 0 aliphatic carbocycles. The molecule has 3 nitrogen and oxygen atoms in total. The van der Waals surface area contributed by atoms with Gasteiger partial charge in [-0.1, -0.05) is 71.1 Å². The maximum atomic E-state index is 10.6. The highest BCUT2D eigenvalue weighted by molar-refractivity contribution is 5.68. The Balaban J connectivity index is 2.96. The van der Waals surface area contributed by atoms with Gasteiger partial charge >= 0.3 is 5.97 Å². The zero-order chi connectivity index (χ0) is 12.8. The molecule has 0 radical (unpaired) electrons. The van der Waals surface area contributed by atoms with Crippen molar-refractivity contribution in [2.45, 2.75) is 84.0 Å². The van der Waals surface area contributed by atoms with Crippen LogP contribution in [-0.2, 0) is 9.68 Å². The van der Waals surface area contributed by atoms with Crippen LogP contribution in [0.2, 0.25) is 0 Å². The number of hydrogen-bond acceptors (Lipinski definition) is 3. The van der Waals surface area contributed by atoms with Crippen molar-refractivity contribution in [1.82, 2.24) is 0 Å². The first-order valence-corrected chi connectivity index (χ1v) is 7.15. The summed E-state index contributed by atoms with van der Waals surface area (Å²) in [5.74, 6) is -0.513. The van der Waals surface area contributed by atoms with Gasteiger partial charge in [-0.05, 0) is 6.42 Å². The second-order valence-corrected chi connectivity index (χ2v) is 4.75. The van der Waals surface area contributed by atoms with E-state index in [0.717, 1.165) is 12.8 Å². The molecule has 0 aromatic rings. The highest BCUT2D eigenvalue weighted by Crippen LogP contribution is 2.11. The van der Waals surface area contributed by atoms with Gasteiger partial charge in [0.1, 0.15) is 0 Å². The first-order valence-electron chi connectivity index (χ1n) is 7.15. The van der Waals surface area contributed by atoms with Crippen LogP contribution in [0.1, 0.15) is 84.0 Å². The zero-order valence-electron chi connectivity index (χ0n) is 11.2. The van der Waals surface area contributed by atoms with E-state index in [-0.39, 0.29) is 0 Å². The van der Waals surface area contributed by atoms with E-state index in [2.05, 4.69) is 11.8 Å². The average molecular weight is 244 g/mol. The van der Waals surface area contributed by atoms with E-state index in [0.29, 0.717) is 6.42 Å². The van der Waals surface area contributed by atoms with Crippen molar-refractivity contribution in [3.63, 3.8) is 0 Å². The Bertz CT molecular complexity index is 169. The van der Waals surface area contributed by atoms with Crippen molar-refractivity contribution in [3.8, 4) is 0 Å². The summed E-state index contributed by atoms with van der Waals surface area (Å²) in [5, 5.41) is 8.05. The van der Waals surface area contributed by atoms with E-state index >= 15 is 0 Å². The van der Waals surface area contributed by atoms with Gasteiger partial charge in [-0.15, -0.1) is 0 Å². The topological polar surface area (TPSA) is 46.5 Å². The largest absolute Gasteiger partial charge is 0.342 e. The molecule has 17 heavy (non-hydrogen) atoms. The summed E-state index contributed by atoms with van der Waals surface area (Å²) >= 11 is 0. The van der Waals surface area contributed by atoms with Gasteiger partial charge in [0, 0.05) is 6.42 Å². The molecule has 0 spiro atoms. The smallest absolute Gasteiger partial charge is 0.301 e. The monoisotopic (exact) mass is 244 g/mol. The minimum atomic E-state index is -0.513. The van der Waals surface area contributed by atoms with Crippen molar-refractivity contribution in [2.75, 3.05) is 0 Å². The van der Waals surface area contributed by atoms with Gasteiger partial charge in [-0.25, -0.2) is 4.79 Å². The first kappa shape index (κ1) is 16.4. The first-order chi connectivity index (χ1) is 8.31. The molecule has 0 aliphatic heterocycles. The molecule has 0 atom stereocenters. The Morgan fingerprint density at radius 3 is 1.65 bits per heavy atom. The molecule has 0 heterocycles. The molecule has 0 amide bonds. The third-order valence-electron chi connectivity index (χ3n) is 3.09.